The van der Waals surface area contributed by atoms with Gasteiger partial charge in [0.1, 0.15) is 11.4 Å². The zero-order valence-electron chi connectivity index (χ0n) is 15.2. The van der Waals surface area contributed by atoms with Crippen LogP contribution in [0.25, 0.3) is 5.69 Å². The van der Waals surface area contributed by atoms with Crippen LogP contribution in [0, 0.1) is 17.0 Å². The number of nitro groups is 1. The largest absolute Gasteiger partial charge is 0.393 e. The van der Waals surface area contributed by atoms with E-state index in [4.69, 9.17) is 18.0 Å². The summed E-state index contributed by atoms with van der Waals surface area (Å²) in [6, 6.07) is 13.5. The molecular formula is C18H18N6O3S. The average Bonchev–Trinajstić information content (AvgIpc) is 2.87. The first-order chi connectivity index (χ1) is 13.3. The number of nitro benzene ring substituents is 1. The van der Waals surface area contributed by atoms with Crippen molar-refractivity contribution in [1.82, 2.24) is 9.36 Å². The van der Waals surface area contributed by atoms with Crippen molar-refractivity contribution in [1.29, 1.82) is 0 Å². The summed E-state index contributed by atoms with van der Waals surface area (Å²) in [6.07, 6.45) is 0. The Morgan fingerprint density at radius 2 is 1.86 bits per heavy atom. The molecule has 0 radical (unpaired) electrons. The fraction of sp³-hybridized carbons (Fsp3) is 0.111. The summed E-state index contributed by atoms with van der Waals surface area (Å²) in [5, 5.41) is 16.9. The Balaban J connectivity index is 1.87. The molecule has 0 spiro atoms. The van der Waals surface area contributed by atoms with Crippen LogP contribution >= 0.6 is 12.2 Å². The van der Waals surface area contributed by atoms with Gasteiger partial charge in [0.15, 0.2) is 5.11 Å². The summed E-state index contributed by atoms with van der Waals surface area (Å²) in [6.45, 7) is 1.79. The van der Waals surface area contributed by atoms with Crippen LogP contribution in [0.1, 0.15) is 5.69 Å². The van der Waals surface area contributed by atoms with Crippen LogP contribution < -0.4 is 21.9 Å². The standard InChI is InChI=1S/C18H18N6O3S/c1-11-16(17(25)23(22(11)2)13-6-4-3-5-7-13)21-18(28)20-12-8-9-14(19)15(10-12)24(26)27/h3-10H,19H2,1-2H3,(H2,20,21,28). The van der Waals surface area contributed by atoms with Gasteiger partial charge in [-0.1, -0.05) is 18.2 Å². The lowest BCUT2D eigenvalue weighted by molar-refractivity contribution is -0.383. The summed E-state index contributed by atoms with van der Waals surface area (Å²) in [4.78, 5) is 23.3. The molecule has 3 rings (SSSR count). The number of benzene rings is 2. The molecule has 2 aromatic carbocycles. The molecule has 144 valence electrons. The number of nitrogens with zero attached hydrogens (tertiary/aromatic N) is 3. The van der Waals surface area contributed by atoms with E-state index in [0.29, 0.717) is 17.1 Å². The topological polar surface area (TPSA) is 120 Å². The van der Waals surface area contributed by atoms with Crippen molar-refractivity contribution in [3.05, 3.63) is 74.7 Å². The van der Waals surface area contributed by atoms with E-state index in [-0.39, 0.29) is 22.0 Å². The maximum atomic E-state index is 12.9. The van der Waals surface area contributed by atoms with Crippen LogP contribution in [0.4, 0.5) is 22.7 Å². The van der Waals surface area contributed by atoms with Gasteiger partial charge in [0, 0.05) is 18.8 Å². The Hall–Kier alpha value is -3.66. The van der Waals surface area contributed by atoms with E-state index in [9.17, 15) is 14.9 Å². The van der Waals surface area contributed by atoms with Crippen LogP contribution in [0.2, 0.25) is 0 Å². The van der Waals surface area contributed by atoms with E-state index < -0.39 is 4.92 Å². The zero-order valence-corrected chi connectivity index (χ0v) is 16.0. The number of hydrogen-bond donors (Lipinski definition) is 3. The number of para-hydroxylation sites is 1. The van der Waals surface area contributed by atoms with Crippen molar-refractivity contribution in [2.24, 2.45) is 7.05 Å². The first kappa shape index (κ1) is 19.1. The number of aromatic nitrogens is 2. The van der Waals surface area contributed by atoms with E-state index in [1.54, 1.807) is 24.7 Å². The van der Waals surface area contributed by atoms with Gasteiger partial charge in [0.05, 0.1) is 16.3 Å². The Morgan fingerprint density at radius 3 is 2.50 bits per heavy atom. The molecule has 0 atom stereocenters. The lowest BCUT2D eigenvalue weighted by atomic mass is 10.2. The Labute approximate surface area is 165 Å². The fourth-order valence-electron chi connectivity index (χ4n) is 2.77. The van der Waals surface area contributed by atoms with Gasteiger partial charge < -0.3 is 16.4 Å². The van der Waals surface area contributed by atoms with E-state index in [1.165, 1.54) is 16.8 Å². The molecular weight excluding hydrogens is 380 g/mol. The molecule has 10 heteroatoms. The first-order valence-corrected chi connectivity index (χ1v) is 8.66. The van der Waals surface area contributed by atoms with E-state index in [1.807, 2.05) is 30.3 Å². The van der Waals surface area contributed by atoms with Crippen LogP contribution in [-0.4, -0.2) is 19.4 Å². The highest BCUT2D eigenvalue weighted by Gasteiger charge is 2.18. The minimum absolute atomic E-state index is 0.0547. The maximum Gasteiger partial charge on any atom is 0.295 e. The van der Waals surface area contributed by atoms with Gasteiger partial charge in [-0.2, -0.15) is 0 Å². The van der Waals surface area contributed by atoms with E-state index in [2.05, 4.69) is 10.6 Å². The average molecular weight is 398 g/mol. The van der Waals surface area contributed by atoms with Crippen molar-refractivity contribution in [3.63, 3.8) is 0 Å². The first-order valence-electron chi connectivity index (χ1n) is 8.25. The van der Waals surface area contributed by atoms with Crippen molar-refractivity contribution in [3.8, 4) is 5.69 Å². The van der Waals surface area contributed by atoms with Gasteiger partial charge in [-0.15, -0.1) is 0 Å². The number of anilines is 3. The third-order valence-electron chi connectivity index (χ3n) is 4.28. The van der Waals surface area contributed by atoms with Crippen molar-refractivity contribution >= 4 is 40.1 Å². The molecule has 0 aliphatic rings. The summed E-state index contributed by atoms with van der Waals surface area (Å²) < 4.78 is 3.24. The minimum Gasteiger partial charge on any atom is -0.393 e. The summed E-state index contributed by atoms with van der Waals surface area (Å²) in [7, 11) is 1.77. The summed E-state index contributed by atoms with van der Waals surface area (Å²) in [5.41, 5.74) is 7.26. The second kappa shape index (κ2) is 7.53. The molecule has 0 unspecified atom stereocenters. The van der Waals surface area contributed by atoms with Gasteiger partial charge in [-0.3, -0.25) is 19.6 Å². The minimum atomic E-state index is -0.573. The summed E-state index contributed by atoms with van der Waals surface area (Å²) in [5.74, 6) is 0. The zero-order chi connectivity index (χ0) is 20.4. The van der Waals surface area contributed by atoms with Crippen LogP contribution in [0.5, 0.6) is 0 Å². The molecule has 0 bridgehead atoms. The number of rotatable bonds is 4. The number of thiocarbonyl (C=S) groups is 1. The molecule has 0 amide bonds. The maximum absolute atomic E-state index is 12.9. The fourth-order valence-corrected chi connectivity index (χ4v) is 2.99. The smallest absolute Gasteiger partial charge is 0.295 e. The van der Waals surface area contributed by atoms with Gasteiger partial charge in [0.25, 0.3) is 11.2 Å². The molecule has 0 aliphatic heterocycles. The molecule has 3 aromatic rings. The van der Waals surface area contributed by atoms with Crippen molar-refractivity contribution in [2.45, 2.75) is 6.92 Å². The molecule has 0 saturated carbocycles. The van der Waals surface area contributed by atoms with Crippen molar-refractivity contribution in [2.75, 3.05) is 16.4 Å². The van der Waals surface area contributed by atoms with Crippen LogP contribution in [-0.2, 0) is 7.05 Å². The second-order valence-corrected chi connectivity index (χ2v) is 6.45. The van der Waals surface area contributed by atoms with E-state index in [0.717, 1.165) is 5.69 Å². The Morgan fingerprint density at radius 1 is 1.18 bits per heavy atom. The second-order valence-electron chi connectivity index (χ2n) is 6.05. The third kappa shape index (κ3) is 3.58. The number of nitrogens with one attached hydrogen (secondary N) is 2. The molecule has 4 N–H and O–H groups in total. The van der Waals surface area contributed by atoms with Crippen LogP contribution in [0.15, 0.2) is 53.3 Å². The van der Waals surface area contributed by atoms with Crippen LogP contribution in [0.3, 0.4) is 0 Å². The third-order valence-corrected chi connectivity index (χ3v) is 4.48. The Bertz CT molecular complexity index is 1120. The van der Waals surface area contributed by atoms with Gasteiger partial charge in [-0.05, 0) is 43.4 Å². The molecule has 0 saturated heterocycles. The highest BCUT2D eigenvalue weighted by atomic mass is 32.1. The predicted molar refractivity (Wildman–Crippen MR) is 113 cm³/mol. The number of hydrogen-bond acceptors (Lipinski definition) is 5. The lowest BCUT2D eigenvalue weighted by Gasteiger charge is -2.10. The van der Waals surface area contributed by atoms with E-state index >= 15 is 0 Å². The summed E-state index contributed by atoms with van der Waals surface area (Å²) >= 11 is 5.27. The van der Waals surface area contributed by atoms with Gasteiger partial charge >= 0.3 is 0 Å². The molecule has 0 aliphatic carbocycles. The molecule has 1 aromatic heterocycles. The highest BCUT2D eigenvalue weighted by Crippen LogP contribution is 2.25. The number of nitrogens with two attached hydrogens (primary N) is 1. The molecule has 1 heterocycles. The Kier molecular flexibility index (Phi) is 5.14. The lowest BCUT2D eigenvalue weighted by Crippen LogP contribution is -2.25. The SMILES string of the molecule is Cc1c(NC(=S)Nc2ccc(N)c([N+](=O)[O-])c2)c(=O)n(-c2ccccc2)n1C. The molecule has 0 fully saturated rings. The van der Waals surface area contributed by atoms with Gasteiger partial charge in [-0.25, -0.2) is 4.68 Å². The number of nitrogen functional groups attached to an aromatic ring is 1. The van der Waals surface area contributed by atoms with Gasteiger partial charge in [0.2, 0.25) is 0 Å². The normalized spacial score (nSPS) is 10.5. The monoisotopic (exact) mass is 398 g/mol. The highest BCUT2D eigenvalue weighted by molar-refractivity contribution is 7.80. The molecule has 28 heavy (non-hydrogen) atoms. The quantitative estimate of drug-likeness (QED) is 0.267. The predicted octanol–water partition coefficient (Wildman–Crippen LogP) is 2.78. The van der Waals surface area contributed by atoms with Crippen molar-refractivity contribution < 1.29 is 4.92 Å². The molecule has 9 nitrogen and oxygen atoms in total.